The Morgan fingerprint density at radius 2 is 0.882 bits per heavy atom. The Labute approximate surface area is 296 Å². The van der Waals surface area contributed by atoms with Gasteiger partial charge >= 0.3 is 0 Å². The van der Waals surface area contributed by atoms with E-state index < -0.39 is 5.41 Å². The van der Waals surface area contributed by atoms with E-state index in [1.54, 1.807) is 0 Å². The van der Waals surface area contributed by atoms with Crippen molar-refractivity contribution in [3.63, 3.8) is 0 Å². The topological polar surface area (TPSA) is 49.6 Å². The molecule has 3 heteroatoms. The van der Waals surface area contributed by atoms with Crippen molar-refractivity contribution < 1.29 is 0 Å². The van der Waals surface area contributed by atoms with Crippen molar-refractivity contribution in [1.82, 2.24) is 9.97 Å². The summed E-state index contributed by atoms with van der Waals surface area (Å²) < 4.78 is 0. The third kappa shape index (κ3) is 4.24. The minimum Gasteiger partial charge on any atom is -0.228 e. The summed E-state index contributed by atoms with van der Waals surface area (Å²) in [6.45, 7) is 0. The summed E-state index contributed by atoms with van der Waals surface area (Å²) in [6.07, 6.45) is 0. The molecular formula is C48H29N3. The summed E-state index contributed by atoms with van der Waals surface area (Å²) in [5.41, 5.74) is 16.6. The Morgan fingerprint density at radius 3 is 1.57 bits per heavy atom. The average Bonchev–Trinajstić information content (AvgIpc) is 3.69. The minimum absolute atomic E-state index is 0.528. The fourth-order valence-electron chi connectivity index (χ4n) is 8.48. The van der Waals surface area contributed by atoms with E-state index in [2.05, 4.69) is 133 Å². The van der Waals surface area contributed by atoms with Gasteiger partial charge in [0.05, 0.1) is 28.4 Å². The van der Waals surface area contributed by atoms with Gasteiger partial charge in [0.15, 0.2) is 5.82 Å². The van der Waals surface area contributed by atoms with Crippen molar-refractivity contribution in [1.29, 1.82) is 5.26 Å². The molecule has 51 heavy (non-hydrogen) atoms. The number of hydrogen-bond donors (Lipinski definition) is 0. The summed E-state index contributed by atoms with van der Waals surface area (Å²) in [5, 5.41) is 10.6. The Kier molecular flexibility index (Phi) is 6.46. The summed E-state index contributed by atoms with van der Waals surface area (Å²) >= 11 is 0. The molecular weight excluding hydrogens is 619 g/mol. The van der Waals surface area contributed by atoms with E-state index in [1.807, 2.05) is 48.5 Å². The third-order valence-corrected chi connectivity index (χ3v) is 10.6. The second kappa shape index (κ2) is 11.3. The number of benzene rings is 7. The van der Waals surface area contributed by atoms with Crippen LogP contribution in [-0.2, 0) is 5.41 Å². The number of hydrogen-bond acceptors (Lipinski definition) is 3. The Balaban J connectivity index is 1.21. The summed E-state index contributed by atoms with van der Waals surface area (Å²) in [6, 6.07) is 64.1. The van der Waals surface area contributed by atoms with Crippen molar-refractivity contribution in [3.8, 4) is 73.4 Å². The largest absolute Gasteiger partial charge is 0.228 e. The van der Waals surface area contributed by atoms with Gasteiger partial charge in [-0.25, -0.2) is 9.97 Å². The van der Waals surface area contributed by atoms with E-state index in [0.29, 0.717) is 11.4 Å². The molecule has 0 saturated heterocycles. The molecule has 10 rings (SSSR count). The van der Waals surface area contributed by atoms with Crippen LogP contribution in [0.3, 0.4) is 0 Å². The highest BCUT2D eigenvalue weighted by atomic mass is 14.9. The lowest BCUT2D eigenvalue weighted by Gasteiger charge is -2.30. The van der Waals surface area contributed by atoms with Gasteiger partial charge in [0.1, 0.15) is 0 Å². The quantitative estimate of drug-likeness (QED) is 0.191. The Hall–Kier alpha value is -6.89. The predicted molar refractivity (Wildman–Crippen MR) is 205 cm³/mol. The fourth-order valence-corrected chi connectivity index (χ4v) is 8.48. The van der Waals surface area contributed by atoms with E-state index in [0.717, 1.165) is 55.9 Å². The third-order valence-electron chi connectivity index (χ3n) is 10.6. The molecule has 1 heterocycles. The second-order valence-electron chi connectivity index (χ2n) is 13.2. The maximum atomic E-state index is 10.6. The molecule has 7 aromatic carbocycles. The van der Waals surface area contributed by atoms with E-state index in [4.69, 9.17) is 9.97 Å². The molecule has 3 nitrogen and oxygen atoms in total. The van der Waals surface area contributed by atoms with E-state index in [9.17, 15) is 5.26 Å². The van der Waals surface area contributed by atoms with Crippen LogP contribution in [0, 0.1) is 11.3 Å². The number of nitriles is 1. The molecule has 0 fully saturated rings. The zero-order chi connectivity index (χ0) is 33.9. The second-order valence-corrected chi connectivity index (χ2v) is 13.2. The van der Waals surface area contributed by atoms with Crippen molar-refractivity contribution in [3.05, 3.63) is 204 Å². The zero-order valence-electron chi connectivity index (χ0n) is 27.6. The van der Waals surface area contributed by atoms with Gasteiger partial charge in [0, 0.05) is 22.3 Å². The minimum atomic E-state index is -0.528. The monoisotopic (exact) mass is 647 g/mol. The van der Waals surface area contributed by atoms with Crippen LogP contribution in [0.15, 0.2) is 176 Å². The number of rotatable bonds is 4. The lowest BCUT2D eigenvalue weighted by molar-refractivity contribution is 0.793. The van der Waals surface area contributed by atoms with Crippen molar-refractivity contribution in [2.24, 2.45) is 0 Å². The molecule has 0 radical (unpaired) electrons. The van der Waals surface area contributed by atoms with Gasteiger partial charge in [-0.1, -0.05) is 158 Å². The average molecular weight is 648 g/mol. The van der Waals surface area contributed by atoms with Gasteiger partial charge in [-0.05, 0) is 68.3 Å². The first-order valence-corrected chi connectivity index (χ1v) is 17.2. The first kappa shape index (κ1) is 29.1. The molecule has 0 aliphatic heterocycles. The first-order valence-electron chi connectivity index (χ1n) is 17.2. The van der Waals surface area contributed by atoms with Crippen LogP contribution in [0.5, 0.6) is 0 Å². The van der Waals surface area contributed by atoms with Gasteiger partial charge < -0.3 is 0 Å². The van der Waals surface area contributed by atoms with Gasteiger partial charge in [0.2, 0.25) is 0 Å². The van der Waals surface area contributed by atoms with Crippen LogP contribution < -0.4 is 0 Å². The molecule has 0 bridgehead atoms. The van der Waals surface area contributed by atoms with Crippen LogP contribution in [0.2, 0.25) is 0 Å². The van der Waals surface area contributed by atoms with Gasteiger partial charge in [-0.2, -0.15) is 5.26 Å². The van der Waals surface area contributed by atoms with Crippen molar-refractivity contribution >= 4 is 0 Å². The normalized spacial score (nSPS) is 12.8. The molecule has 2 aliphatic rings. The molecule has 0 saturated carbocycles. The van der Waals surface area contributed by atoms with Gasteiger partial charge in [-0.3, -0.25) is 0 Å². The molecule has 2 aliphatic carbocycles. The highest BCUT2D eigenvalue weighted by Gasteiger charge is 2.52. The fraction of sp³-hybridized carbons (Fsp3) is 0.0208. The Bertz CT molecular complexity index is 2600. The molecule has 0 unspecified atom stereocenters. The highest BCUT2D eigenvalue weighted by molar-refractivity contribution is 6.01. The van der Waals surface area contributed by atoms with E-state index >= 15 is 0 Å². The Morgan fingerprint density at radius 1 is 0.392 bits per heavy atom. The molecule has 1 spiro atoms. The van der Waals surface area contributed by atoms with Gasteiger partial charge in [0.25, 0.3) is 0 Å². The SMILES string of the molecule is N#Cc1cccc2c1-c1c(-c3cccc(-c4cc(-c5ccccc5)nc(-c5ccccc5)n4)c3)cccc1C21c2ccccc2-c2ccccc21. The molecule has 0 N–H and O–H groups in total. The van der Waals surface area contributed by atoms with Crippen molar-refractivity contribution in [2.45, 2.75) is 5.41 Å². The molecule has 0 atom stereocenters. The predicted octanol–water partition coefficient (Wildman–Crippen LogP) is 11.4. The summed E-state index contributed by atoms with van der Waals surface area (Å²) in [4.78, 5) is 10.1. The van der Waals surface area contributed by atoms with Crippen LogP contribution >= 0.6 is 0 Å². The van der Waals surface area contributed by atoms with Crippen LogP contribution in [0.1, 0.15) is 27.8 Å². The van der Waals surface area contributed by atoms with Gasteiger partial charge in [-0.15, -0.1) is 0 Å². The summed E-state index contributed by atoms with van der Waals surface area (Å²) in [7, 11) is 0. The number of nitrogens with zero attached hydrogens (tertiary/aromatic N) is 3. The number of aromatic nitrogens is 2. The lowest BCUT2D eigenvalue weighted by Crippen LogP contribution is -2.25. The maximum absolute atomic E-state index is 10.6. The maximum Gasteiger partial charge on any atom is 0.160 e. The van der Waals surface area contributed by atoms with E-state index in [1.165, 1.54) is 27.8 Å². The highest BCUT2D eigenvalue weighted by Crippen LogP contribution is 2.64. The smallest absolute Gasteiger partial charge is 0.160 e. The zero-order valence-corrected chi connectivity index (χ0v) is 27.6. The van der Waals surface area contributed by atoms with E-state index in [-0.39, 0.29) is 0 Å². The first-order chi connectivity index (χ1) is 25.3. The van der Waals surface area contributed by atoms with Crippen LogP contribution in [0.25, 0.3) is 67.3 Å². The van der Waals surface area contributed by atoms with Crippen LogP contribution in [0.4, 0.5) is 0 Å². The molecule has 1 aromatic heterocycles. The standard InChI is InChI=1S/C48H29N3/c49-30-35-20-12-26-41-45(35)46-36(23-13-27-42(46)48(41)39-24-9-7-21-37(39)38-22-8-10-25-40(38)48)33-18-11-19-34(28-33)44-29-43(31-14-3-1-4-15-31)50-47(51-44)32-16-5-2-6-17-32/h1-29H. The lowest BCUT2D eigenvalue weighted by atomic mass is 9.70. The molecule has 8 aromatic rings. The number of fused-ring (bicyclic) bond motifs is 10. The van der Waals surface area contributed by atoms with Crippen LogP contribution in [-0.4, -0.2) is 9.97 Å². The molecule has 0 amide bonds. The summed E-state index contributed by atoms with van der Waals surface area (Å²) in [5.74, 6) is 0.686. The van der Waals surface area contributed by atoms with Crippen molar-refractivity contribution in [2.75, 3.05) is 0 Å². The molecule has 236 valence electrons.